The molecule has 0 aliphatic rings. The lowest BCUT2D eigenvalue weighted by atomic mass is 9.87. The lowest BCUT2D eigenvalue weighted by Gasteiger charge is -2.19. The summed E-state index contributed by atoms with van der Waals surface area (Å²) in [5, 5.41) is 14.7. The van der Waals surface area contributed by atoms with E-state index in [1.807, 2.05) is 12.1 Å². The molecule has 6 nitrogen and oxygen atoms in total. The van der Waals surface area contributed by atoms with Crippen molar-refractivity contribution in [2.24, 2.45) is 0 Å². The van der Waals surface area contributed by atoms with E-state index in [1.165, 1.54) is 6.07 Å². The van der Waals surface area contributed by atoms with Crippen LogP contribution >= 0.6 is 12.2 Å². The molecule has 2 aromatic carbocycles. The van der Waals surface area contributed by atoms with Gasteiger partial charge in [0.15, 0.2) is 5.11 Å². The molecule has 0 saturated heterocycles. The average Bonchev–Trinajstić information content (AvgIpc) is 3.18. The van der Waals surface area contributed by atoms with E-state index in [4.69, 9.17) is 21.7 Å². The average molecular weight is 423 g/mol. The van der Waals surface area contributed by atoms with Gasteiger partial charge < -0.3 is 14.8 Å². The van der Waals surface area contributed by atoms with Crippen LogP contribution in [0.4, 0.5) is 5.69 Å². The zero-order valence-electron chi connectivity index (χ0n) is 16.9. The second-order valence-corrected chi connectivity index (χ2v) is 8.19. The number of furan rings is 1. The Morgan fingerprint density at radius 2 is 1.57 bits per heavy atom. The third-order valence-electron chi connectivity index (χ3n) is 4.48. The van der Waals surface area contributed by atoms with E-state index < -0.39 is 5.97 Å². The van der Waals surface area contributed by atoms with Gasteiger partial charge in [0.1, 0.15) is 5.76 Å². The predicted octanol–water partition coefficient (Wildman–Crippen LogP) is 5.07. The second-order valence-electron chi connectivity index (χ2n) is 7.78. The van der Waals surface area contributed by atoms with Gasteiger partial charge in [-0.2, -0.15) is 0 Å². The van der Waals surface area contributed by atoms with Crippen molar-refractivity contribution >= 4 is 34.9 Å². The van der Waals surface area contributed by atoms with E-state index in [2.05, 4.69) is 31.4 Å². The first-order chi connectivity index (χ1) is 14.1. The largest absolute Gasteiger partial charge is 0.475 e. The van der Waals surface area contributed by atoms with Gasteiger partial charge in [0.25, 0.3) is 5.91 Å². The van der Waals surface area contributed by atoms with Crippen molar-refractivity contribution in [3.8, 4) is 11.3 Å². The molecular formula is C23H22N2O4S. The van der Waals surface area contributed by atoms with Gasteiger partial charge in [-0.25, -0.2) is 4.79 Å². The second kappa shape index (κ2) is 8.51. The Morgan fingerprint density at radius 3 is 2.10 bits per heavy atom. The fraction of sp³-hybridized carbons (Fsp3) is 0.174. The molecule has 1 aromatic heterocycles. The molecule has 30 heavy (non-hydrogen) atoms. The summed E-state index contributed by atoms with van der Waals surface area (Å²) in [7, 11) is 0. The zero-order valence-corrected chi connectivity index (χ0v) is 17.7. The molecule has 0 spiro atoms. The summed E-state index contributed by atoms with van der Waals surface area (Å²) in [6, 6.07) is 17.5. The van der Waals surface area contributed by atoms with E-state index in [-0.39, 0.29) is 22.2 Å². The maximum atomic E-state index is 12.4. The fourth-order valence-electron chi connectivity index (χ4n) is 2.79. The number of carbonyl (C=O) groups excluding carboxylic acids is 1. The van der Waals surface area contributed by atoms with Gasteiger partial charge in [0.2, 0.25) is 5.76 Å². The molecule has 0 fully saturated rings. The number of carbonyl (C=O) groups is 2. The van der Waals surface area contributed by atoms with E-state index in [9.17, 15) is 9.59 Å². The molecule has 0 saturated carbocycles. The minimum Gasteiger partial charge on any atom is -0.475 e. The standard InChI is InChI=1S/C23H22N2O4S/c1-23(2,3)16-8-4-15(5-9-16)20(26)25-22(30)24-17-10-6-14(7-11-17)18-12-13-19(29-18)21(27)28/h4-13H,1-3H3,(H,27,28)(H2,24,25,26,30). The number of benzene rings is 2. The van der Waals surface area contributed by atoms with Gasteiger partial charge in [-0.3, -0.25) is 10.1 Å². The zero-order chi connectivity index (χ0) is 21.9. The summed E-state index contributed by atoms with van der Waals surface area (Å²) >= 11 is 5.23. The number of nitrogens with one attached hydrogen (secondary N) is 2. The van der Waals surface area contributed by atoms with Crippen molar-refractivity contribution < 1.29 is 19.1 Å². The highest BCUT2D eigenvalue weighted by Crippen LogP contribution is 2.24. The third kappa shape index (κ3) is 5.12. The molecule has 1 heterocycles. The van der Waals surface area contributed by atoms with Crippen LogP contribution < -0.4 is 10.6 Å². The Bertz CT molecular complexity index is 1080. The molecule has 7 heteroatoms. The number of carboxylic acid groups (broad SMARTS) is 1. The lowest BCUT2D eigenvalue weighted by molar-refractivity contribution is 0.0663. The minimum absolute atomic E-state index is 0.0167. The Kier molecular flexibility index (Phi) is 6.03. The van der Waals surface area contributed by atoms with E-state index >= 15 is 0 Å². The van der Waals surface area contributed by atoms with Gasteiger partial charge in [0.05, 0.1) is 0 Å². The Hall–Kier alpha value is -3.45. The van der Waals surface area contributed by atoms with E-state index in [0.717, 1.165) is 11.1 Å². The van der Waals surface area contributed by atoms with Crippen LogP contribution in [-0.4, -0.2) is 22.1 Å². The quantitative estimate of drug-likeness (QED) is 0.509. The molecule has 0 radical (unpaired) electrons. The highest BCUT2D eigenvalue weighted by Gasteiger charge is 2.15. The summed E-state index contributed by atoms with van der Waals surface area (Å²) in [5.74, 6) is -1.07. The smallest absolute Gasteiger partial charge is 0.371 e. The Balaban J connectivity index is 1.60. The fourth-order valence-corrected chi connectivity index (χ4v) is 3.00. The van der Waals surface area contributed by atoms with Crippen molar-refractivity contribution in [1.29, 1.82) is 0 Å². The first-order valence-electron chi connectivity index (χ1n) is 9.30. The van der Waals surface area contributed by atoms with Crippen LogP contribution in [0.5, 0.6) is 0 Å². The molecule has 0 aliphatic heterocycles. The maximum absolute atomic E-state index is 12.4. The van der Waals surface area contributed by atoms with Crippen molar-refractivity contribution in [2.75, 3.05) is 5.32 Å². The van der Waals surface area contributed by atoms with Gasteiger partial charge in [0, 0.05) is 16.8 Å². The number of rotatable bonds is 4. The molecular weight excluding hydrogens is 400 g/mol. The van der Waals surface area contributed by atoms with Crippen molar-refractivity contribution in [2.45, 2.75) is 26.2 Å². The minimum atomic E-state index is -1.12. The topological polar surface area (TPSA) is 91.6 Å². The summed E-state index contributed by atoms with van der Waals surface area (Å²) < 4.78 is 5.28. The number of amides is 1. The first-order valence-corrected chi connectivity index (χ1v) is 9.71. The van der Waals surface area contributed by atoms with E-state index in [1.54, 1.807) is 42.5 Å². The van der Waals surface area contributed by atoms with Gasteiger partial charge in [-0.15, -0.1) is 0 Å². The van der Waals surface area contributed by atoms with Crippen LogP contribution in [0.25, 0.3) is 11.3 Å². The summed E-state index contributed by atoms with van der Waals surface area (Å²) in [6.45, 7) is 6.34. The number of carboxylic acids is 1. The van der Waals surface area contributed by atoms with Gasteiger partial charge in [-0.1, -0.05) is 32.9 Å². The molecule has 0 aliphatic carbocycles. The molecule has 3 rings (SSSR count). The Morgan fingerprint density at radius 1 is 0.933 bits per heavy atom. The maximum Gasteiger partial charge on any atom is 0.371 e. The summed E-state index contributed by atoms with van der Waals surface area (Å²) in [5.41, 5.74) is 3.09. The van der Waals surface area contributed by atoms with Crippen LogP contribution in [0, 0.1) is 0 Å². The highest BCUT2D eigenvalue weighted by molar-refractivity contribution is 7.80. The van der Waals surface area contributed by atoms with Gasteiger partial charge in [-0.05, 0) is 71.7 Å². The van der Waals surface area contributed by atoms with Crippen molar-refractivity contribution in [3.63, 3.8) is 0 Å². The molecule has 1 amide bonds. The molecule has 0 bridgehead atoms. The number of hydrogen-bond donors (Lipinski definition) is 3. The molecule has 3 aromatic rings. The number of thiocarbonyl (C=S) groups is 1. The summed E-state index contributed by atoms with van der Waals surface area (Å²) in [6.07, 6.45) is 0. The lowest BCUT2D eigenvalue weighted by Crippen LogP contribution is -2.34. The van der Waals surface area contributed by atoms with E-state index in [0.29, 0.717) is 17.0 Å². The Labute approximate surface area is 179 Å². The normalized spacial score (nSPS) is 11.0. The molecule has 0 atom stereocenters. The molecule has 154 valence electrons. The summed E-state index contributed by atoms with van der Waals surface area (Å²) in [4.78, 5) is 23.3. The van der Waals surface area contributed by atoms with Crippen LogP contribution in [0.3, 0.4) is 0 Å². The predicted molar refractivity (Wildman–Crippen MR) is 120 cm³/mol. The van der Waals surface area contributed by atoms with Crippen LogP contribution in [-0.2, 0) is 5.41 Å². The van der Waals surface area contributed by atoms with Crippen molar-refractivity contribution in [1.82, 2.24) is 5.32 Å². The highest BCUT2D eigenvalue weighted by atomic mass is 32.1. The van der Waals surface area contributed by atoms with Crippen LogP contribution in [0.2, 0.25) is 0 Å². The monoisotopic (exact) mass is 422 g/mol. The SMILES string of the molecule is CC(C)(C)c1ccc(C(=O)NC(=S)Nc2ccc(-c3ccc(C(=O)O)o3)cc2)cc1. The van der Waals surface area contributed by atoms with Crippen molar-refractivity contribution in [3.05, 3.63) is 77.6 Å². The molecule has 3 N–H and O–H groups in total. The van der Waals surface area contributed by atoms with Crippen LogP contribution in [0.15, 0.2) is 65.1 Å². The number of aromatic carboxylic acids is 1. The molecule has 0 unspecified atom stereocenters. The third-order valence-corrected chi connectivity index (χ3v) is 4.69. The number of anilines is 1. The first kappa shape index (κ1) is 21.3. The van der Waals surface area contributed by atoms with Gasteiger partial charge >= 0.3 is 5.97 Å². The van der Waals surface area contributed by atoms with Crippen LogP contribution in [0.1, 0.15) is 47.2 Å². The number of hydrogen-bond acceptors (Lipinski definition) is 4.